The molecule has 0 amide bonds. The molecule has 6 nitrogen and oxygen atoms in total. The maximum atomic E-state index is 14.7. The summed E-state index contributed by atoms with van der Waals surface area (Å²) >= 11 is 0. The second kappa shape index (κ2) is 6.13. The van der Waals surface area contributed by atoms with Gasteiger partial charge in [-0.25, -0.2) is 18.6 Å². The molecule has 3 aromatic heterocycles. The Balaban J connectivity index is 1.61. The Morgan fingerprint density at radius 1 is 1.07 bits per heavy atom. The number of nitrogens with one attached hydrogen (secondary N) is 1. The maximum Gasteiger partial charge on any atom is 0.174 e. The van der Waals surface area contributed by atoms with Crippen molar-refractivity contribution < 1.29 is 4.39 Å². The SMILES string of the molecule is Cc1cn2nc(-n3cc4cc(C5CCNCC5)cc(F)c4n3)cc(C)c2n1. The lowest BCUT2D eigenvalue weighted by Gasteiger charge is -2.23. The highest BCUT2D eigenvalue weighted by molar-refractivity contribution is 5.80. The van der Waals surface area contributed by atoms with Crippen LogP contribution in [0.25, 0.3) is 22.4 Å². The van der Waals surface area contributed by atoms with Gasteiger partial charge in [-0.1, -0.05) is 0 Å². The van der Waals surface area contributed by atoms with Gasteiger partial charge in [0.2, 0.25) is 0 Å². The molecule has 1 saturated heterocycles. The highest BCUT2D eigenvalue weighted by atomic mass is 19.1. The lowest BCUT2D eigenvalue weighted by Crippen LogP contribution is -2.26. The predicted octanol–water partition coefficient (Wildman–Crippen LogP) is 3.29. The summed E-state index contributed by atoms with van der Waals surface area (Å²) < 4.78 is 18.1. The lowest BCUT2D eigenvalue weighted by molar-refractivity contribution is 0.459. The molecule has 1 aliphatic heterocycles. The number of aromatic nitrogens is 5. The summed E-state index contributed by atoms with van der Waals surface area (Å²) in [5.74, 6) is 0.784. The molecular weight excluding hydrogens is 343 g/mol. The zero-order valence-electron chi connectivity index (χ0n) is 15.4. The Bertz CT molecular complexity index is 1150. The van der Waals surface area contributed by atoms with Gasteiger partial charge in [-0.2, -0.15) is 5.10 Å². The summed E-state index contributed by atoms with van der Waals surface area (Å²) in [6, 6.07) is 5.65. The van der Waals surface area contributed by atoms with Crippen LogP contribution in [0.15, 0.2) is 30.6 Å². The summed E-state index contributed by atoms with van der Waals surface area (Å²) in [4.78, 5) is 4.47. The fourth-order valence-corrected chi connectivity index (χ4v) is 3.96. The van der Waals surface area contributed by atoms with Crippen molar-refractivity contribution in [3.8, 4) is 5.82 Å². The van der Waals surface area contributed by atoms with Crippen LogP contribution in [0.5, 0.6) is 0 Å². The minimum Gasteiger partial charge on any atom is -0.317 e. The first-order valence-electron chi connectivity index (χ1n) is 9.32. The van der Waals surface area contributed by atoms with Crippen molar-refractivity contribution in [2.24, 2.45) is 0 Å². The third-order valence-corrected chi connectivity index (χ3v) is 5.35. The van der Waals surface area contributed by atoms with E-state index in [0.717, 1.165) is 53.8 Å². The molecule has 27 heavy (non-hydrogen) atoms. The first kappa shape index (κ1) is 16.4. The molecule has 138 valence electrons. The van der Waals surface area contributed by atoms with Gasteiger partial charge in [-0.05, 0) is 75.0 Å². The van der Waals surface area contributed by atoms with Crippen molar-refractivity contribution in [2.45, 2.75) is 32.6 Å². The molecule has 4 heterocycles. The Kier molecular flexibility index (Phi) is 3.72. The number of fused-ring (bicyclic) bond motifs is 2. The molecule has 1 N–H and O–H groups in total. The number of benzene rings is 1. The average Bonchev–Trinajstić information content (AvgIpc) is 3.26. The topological polar surface area (TPSA) is 60.0 Å². The Hall–Kier alpha value is -2.80. The molecule has 0 radical (unpaired) electrons. The van der Waals surface area contributed by atoms with Gasteiger partial charge in [-0.15, -0.1) is 5.10 Å². The number of hydrogen-bond acceptors (Lipinski definition) is 4. The molecule has 4 aromatic rings. The largest absolute Gasteiger partial charge is 0.317 e. The molecule has 0 saturated carbocycles. The van der Waals surface area contributed by atoms with Crippen LogP contribution in [-0.2, 0) is 0 Å². The Labute approximate surface area is 156 Å². The van der Waals surface area contributed by atoms with E-state index in [9.17, 15) is 4.39 Å². The standard InChI is InChI=1S/C20H21FN6/c1-12-7-18(24-27-10-13(2)23-20(12)27)26-11-16-8-15(9-17(21)19(16)25-26)14-3-5-22-6-4-14/h7-11,14,22H,3-6H2,1-2H3. The van der Waals surface area contributed by atoms with E-state index < -0.39 is 0 Å². The molecule has 0 atom stereocenters. The van der Waals surface area contributed by atoms with E-state index >= 15 is 0 Å². The van der Waals surface area contributed by atoms with Crippen molar-refractivity contribution >= 4 is 16.6 Å². The summed E-state index contributed by atoms with van der Waals surface area (Å²) in [5.41, 5.74) is 4.18. The van der Waals surface area contributed by atoms with Crippen molar-refractivity contribution in [3.63, 3.8) is 0 Å². The molecule has 0 aliphatic carbocycles. The molecular formula is C20H21FN6. The number of piperidine rings is 1. The number of halogens is 1. The van der Waals surface area contributed by atoms with Gasteiger partial charge < -0.3 is 5.32 Å². The number of imidazole rings is 1. The molecule has 0 unspecified atom stereocenters. The average molecular weight is 364 g/mol. The molecule has 0 spiro atoms. The van der Waals surface area contributed by atoms with E-state index in [1.54, 1.807) is 15.3 Å². The second-order valence-electron chi connectivity index (χ2n) is 7.37. The smallest absolute Gasteiger partial charge is 0.174 e. The van der Waals surface area contributed by atoms with Gasteiger partial charge in [0.25, 0.3) is 0 Å². The summed E-state index contributed by atoms with van der Waals surface area (Å²) in [7, 11) is 0. The molecule has 1 aromatic carbocycles. The second-order valence-corrected chi connectivity index (χ2v) is 7.37. The van der Waals surface area contributed by atoms with Crippen molar-refractivity contribution in [3.05, 3.63) is 53.2 Å². The Morgan fingerprint density at radius 3 is 2.70 bits per heavy atom. The van der Waals surface area contributed by atoms with Gasteiger partial charge in [-0.3, -0.25) is 0 Å². The minimum atomic E-state index is -0.268. The summed E-state index contributed by atoms with van der Waals surface area (Å²) in [6.07, 6.45) is 5.82. The predicted molar refractivity (Wildman–Crippen MR) is 102 cm³/mol. The van der Waals surface area contributed by atoms with E-state index in [2.05, 4.69) is 26.6 Å². The fraction of sp³-hybridized carbons (Fsp3) is 0.350. The fourth-order valence-electron chi connectivity index (χ4n) is 3.96. The van der Waals surface area contributed by atoms with Crippen molar-refractivity contribution in [1.29, 1.82) is 0 Å². The molecule has 0 bridgehead atoms. The highest BCUT2D eigenvalue weighted by Crippen LogP contribution is 2.30. The van der Waals surface area contributed by atoms with Crippen LogP contribution < -0.4 is 5.32 Å². The van der Waals surface area contributed by atoms with Gasteiger partial charge >= 0.3 is 0 Å². The van der Waals surface area contributed by atoms with Gasteiger partial charge in [0.15, 0.2) is 17.3 Å². The van der Waals surface area contributed by atoms with E-state index in [-0.39, 0.29) is 5.82 Å². The quantitative estimate of drug-likeness (QED) is 0.593. The van der Waals surface area contributed by atoms with Crippen LogP contribution in [0.4, 0.5) is 4.39 Å². The van der Waals surface area contributed by atoms with Crippen LogP contribution in [0.2, 0.25) is 0 Å². The van der Waals surface area contributed by atoms with E-state index in [1.165, 1.54) is 0 Å². The molecule has 5 rings (SSSR count). The van der Waals surface area contributed by atoms with Crippen LogP contribution in [0.3, 0.4) is 0 Å². The highest BCUT2D eigenvalue weighted by Gasteiger charge is 2.19. The third-order valence-electron chi connectivity index (χ3n) is 5.35. The van der Waals surface area contributed by atoms with E-state index in [1.807, 2.05) is 32.3 Å². The number of aryl methyl sites for hydroxylation is 2. The van der Waals surface area contributed by atoms with Crippen LogP contribution in [0, 0.1) is 19.7 Å². The maximum absolute atomic E-state index is 14.7. The van der Waals surface area contributed by atoms with Crippen LogP contribution in [-0.4, -0.2) is 37.5 Å². The Morgan fingerprint density at radius 2 is 1.89 bits per heavy atom. The third kappa shape index (κ3) is 2.78. The van der Waals surface area contributed by atoms with Gasteiger partial charge in [0.1, 0.15) is 5.52 Å². The first-order valence-corrected chi connectivity index (χ1v) is 9.32. The summed E-state index contributed by atoms with van der Waals surface area (Å²) in [5, 5.41) is 13.2. The van der Waals surface area contributed by atoms with Gasteiger partial charge in [0, 0.05) is 11.6 Å². The number of hydrogen-bond donors (Lipinski definition) is 1. The van der Waals surface area contributed by atoms with Gasteiger partial charge in [0.05, 0.1) is 11.9 Å². The lowest BCUT2D eigenvalue weighted by atomic mass is 9.89. The first-order chi connectivity index (χ1) is 13.1. The zero-order chi connectivity index (χ0) is 18.5. The number of rotatable bonds is 2. The number of nitrogens with zero attached hydrogens (tertiary/aromatic N) is 5. The summed E-state index contributed by atoms with van der Waals surface area (Å²) in [6.45, 7) is 5.90. The van der Waals surface area contributed by atoms with E-state index in [0.29, 0.717) is 17.3 Å². The molecule has 7 heteroatoms. The normalized spacial score (nSPS) is 15.8. The van der Waals surface area contributed by atoms with Crippen molar-refractivity contribution in [2.75, 3.05) is 13.1 Å². The molecule has 1 fully saturated rings. The monoisotopic (exact) mass is 364 g/mol. The van der Waals surface area contributed by atoms with Crippen molar-refractivity contribution in [1.82, 2.24) is 29.7 Å². The van der Waals surface area contributed by atoms with E-state index in [4.69, 9.17) is 0 Å². The zero-order valence-corrected chi connectivity index (χ0v) is 15.4. The van der Waals surface area contributed by atoms with Crippen LogP contribution >= 0.6 is 0 Å². The minimum absolute atomic E-state index is 0.268. The molecule has 1 aliphatic rings. The van der Waals surface area contributed by atoms with Crippen LogP contribution in [0.1, 0.15) is 35.6 Å².